The number of hydrogen-bond acceptors (Lipinski definition) is 3. The first kappa shape index (κ1) is 17.0. The summed E-state index contributed by atoms with van der Waals surface area (Å²) in [5, 5.41) is 8.81. The molecule has 1 unspecified atom stereocenters. The smallest absolute Gasteiger partial charge is 0.308 e. The van der Waals surface area contributed by atoms with Crippen LogP contribution in [0.15, 0.2) is 33.6 Å². The van der Waals surface area contributed by atoms with E-state index in [1.54, 1.807) is 25.7 Å². The number of carbonyl (C=O) groups excluding carboxylic acids is 1. The number of carboxylic acids is 1. The molecule has 0 aromatic heterocycles. The Balaban J connectivity index is 2.32. The van der Waals surface area contributed by atoms with Crippen LogP contribution in [0.5, 0.6) is 0 Å². The number of hydrogen-bond donors (Lipinski definition) is 1. The first-order valence-corrected chi connectivity index (χ1v) is 8.03. The van der Waals surface area contributed by atoms with Crippen molar-refractivity contribution in [3.8, 4) is 0 Å². The van der Waals surface area contributed by atoms with Crippen LogP contribution in [0.25, 0.3) is 0 Å². The Bertz CT molecular complexity index is 464. The summed E-state index contributed by atoms with van der Waals surface area (Å²) in [6.07, 6.45) is 0.406. The summed E-state index contributed by atoms with van der Waals surface area (Å²) in [5.74, 6) is -0.758. The second-order valence-electron chi connectivity index (χ2n) is 4.57. The van der Waals surface area contributed by atoms with Crippen molar-refractivity contribution in [1.29, 1.82) is 0 Å². The molecule has 1 aromatic carbocycles. The predicted molar refractivity (Wildman–Crippen MR) is 83.9 cm³/mol. The van der Waals surface area contributed by atoms with Crippen LogP contribution >= 0.6 is 27.7 Å². The molecule has 1 amide bonds. The number of amides is 1. The number of thioether (sulfide) groups is 1. The largest absolute Gasteiger partial charge is 0.481 e. The Hall–Kier alpha value is -1.01. The SMILES string of the molecule is CC(CN(C)C(=O)CCSc1ccc(Br)cc1)C(=O)O. The van der Waals surface area contributed by atoms with Gasteiger partial charge in [0.05, 0.1) is 5.92 Å². The standard InChI is InChI=1S/C14H18BrNO3S/c1-10(14(18)19)9-16(2)13(17)7-8-20-12-5-3-11(15)4-6-12/h3-6,10H,7-9H2,1-2H3,(H,18,19). The Kier molecular flexibility index (Phi) is 7.09. The zero-order chi connectivity index (χ0) is 15.1. The van der Waals surface area contributed by atoms with Crippen LogP contribution in [0.1, 0.15) is 13.3 Å². The number of aliphatic carboxylic acids is 1. The van der Waals surface area contributed by atoms with E-state index in [9.17, 15) is 9.59 Å². The molecule has 0 saturated carbocycles. The van der Waals surface area contributed by atoms with E-state index >= 15 is 0 Å². The number of halogens is 1. The zero-order valence-corrected chi connectivity index (χ0v) is 13.9. The van der Waals surface area contributed by atoms with Gasteiger partial charge in [0.2, 0.25) is 5.91 Å². The highest BCUT2D eigenvalue weighted by atomic mass is 79.9. The van der Waals surface area contributed by atoms with Gasteiger partial charge in [-0.25, -0.2) is 0 Å². The molecule has 1 atom stereocenters. The normalized spacial score (nSPS) is 11.9. The average molecular weight is 360 g/mol. The molecule has 1 rings (SSSR count). The van der Waals surface area contributed by atoms with Gasteiger partial charge in [-0.1, -0.05) is 22.9 Å². The van der Waals surface area contributed by atoms with Gasteiger partial charge in [-0.2, -0.15) is 0 Å². The van der Waals surface area contributed by atoms with E-state index in [1.165, 1.54) is 4.90 Å². The Labute approximate surface area is 131 Å². The first-order chi connectivity index (χ1) is 9.40. The molecule has 0 fully saturated rings. The fourth-order valence-electron chi connectivity index (χ4n) is 1.57. The van der Waals surface area contributed by atoms with Crippen molar-refractivity contribution in [2.45, 2.75) is 18.2 Å². The van der Waals surface area contributed by atoms with Crippen LogP contribution in [-0.4, -0.2) is 41.2 Å². The lowest BCUT2D eigenvalue weighted by molar-refractivity contribution is -0.142. The Morgan fingerprint density at radius 1 is 1.35 bits per heavy atom. The van der Waals surface area contributed by atoms with E-state index in [2.05, 4.69) is 15.9 Å². The van der Waals surface area contributed by atoms with E-state index in [1.807, 2.05) is 24.3 Å². The maximum absolute atomic E-state index is 11.9. The molecule has 0 aliphatic carbocycles. The number of benzene rings is 1. The maximum atomic E-state index is 11.9. The minimum atomic E-state index is -0.881. The fraction of sp³-hybridized carbons (Fsp3) is 0.429. The topological polar surface area (TPSA) is 57.6 Å². The van der Waals surface area contributed by atoms with Gasteiger partial charge < -0.3 is 10.0 Å². The zero-order valence-electron chi connectivity index (χ0n) is 11.5. The van der Waals surface area contributed by atoms with Gasteiger partial charge >= 0.3 is 5.97 Å². The molecule has 4 nitrogen and oxygen atoms in total. The van der Waals surface area contributed by atoms with Crippen LogP contribution in [0.3, 0.4) is 0 Å². The minimum Gasteiger partial charge on any atom is -0.481 e. The van der Waals surface area contributed by atoms with E-state index in [0.717, 1.165) is 9.37 Å². The van der Waals surface area contributed by atoms with Crippen molar-refractivity contribution in [1.82, 2.24) is 4.90 Å². The van der Waals surface area contributed by atoms with Gasteiger partial charge in [-0.15, -0.1) is 11.8 Å². The minimum absolute atomic E-state index is 0.0253. The lowest BCUT2D eigenvalue weighted by Crippen LogP contribution is -2.33. The maximum Gasteiger partial charge on any atom is 0.308 e. The summed E-state index contributed by atoms with van der Waals surface area (Å²) in [6, 6.07) is 7.92. The highest BCUT2D eigenvalue weighted by Crippen LogP contribution is 2.21. The molecule has 0 saturated heterocycles. The van der Waals surface area contributed by atoms with Crippen molar-refractivity contribution in [2.75, 3.05) is 19.3 Å². The summed E-state index contributed by atoms with van der Waals surface area (Å²) in [4.78, 5) is 25.2. The van der Waals surface area contributed by atoms with Gasteiger partial charge in [0.1, 0.15) is 0 Å². The molecule has 6 heteroatoms. The van der Waals surface area contributed by atoms with Gasteiger partial charge in [-0.05, 0) is 24.3 Å². The number of rotatable bonds is 7. The monoisotopic (exact) mass is 359 g/mol. The van der Waals surface area contributed by atoms with Crippen LogP contribution in [0, 0.1) is 5.92 Å². The summed E-state index contributed by atoms with van der Waals surface area (Å²) in [5.41, 5.74) is 0. The van der Waals surface area contributed by atoms with Gasteiger partial charge in [-0.3, -0.25) is 9.59 Å². The molecule has 0 radical (unpaired) electrons. The third-order valence-electron chi connectivity index (χ3n) is 2.79. The van der Waals surface area contributed by atoms with Crippen LogP contribution in [0.4, 0.5) is 0 Å². The van der Waals surface area contributed by atoms with Gasteiger partial charge in [0.15, 0.2) is 0 Å². The molecule has 0 aliphatic rings. The number of carbonyl (C=O) groups is 2. The van der Waals surface area contributed by atoms with Crippen molar-refractivity contribution in [3.05, 3.63) is 28.7 Å². The molecular weight excluding hydrogens is 342 g/mol. The molecule has 0 bridgehead atoms. The molecular formula is C14H18BrNO3S. The van der Waals surface area contributed by atoms with Crippen molar-refractivity contribution in [2.24, 2.45) is 5.92 Å². The van der Waals surface area contributed by atoms with Gasteiger partial charge in [0.25, 0.3) is 0 Å². The number of carboxylic acid groups (broad SMARTS) is 1. The summed E-state index contributed by atoms with van der Waals surface area (Å²) >= 11 is 4.99. The molecule has 0 spiro atoms. The van der Waals surface area contributed by atoms with E-state index < -0.39 is 11.9 Å². The second-order valence-corrected chi connectivity index (χ2v) is 6.65. The molecule has 1 N–H and O–H groups in total. The number of nitrogens with zero attached hydrogens (tertiary/aromatic N) is 1. The fourth-order valence-corrected chi connectivity index (χ4v) is 2.67. The summed E-state index contributed by atoms with van der Waals surface area (Å²) in [6.45, 7) is 1.85. The predicted octanol–water partition coefficient (Wildman–Crippen LogP) is 3.11. The molecule has 0 aliphatic heterocycles. The summed E-state index contributed by atoms with van der Waals surface area (Å²) < 4.78 is 1.03. The van der Waals surface area contributed by atoms with Crippen molar-refractivity contribution >= 4 is 39.6 Å². The van der Waals surface area contributed by atoms with Crippen LogP contribution in [0.2, 0.25) is 0 Å². The molecule has 1 aromatic rings. The van der Waals surface area contributed by atoms with Crippen molar-refractivity contribution in [3.63, 3.8) is 0 Å². The van der Waals surface area contributed by atoms with Crippen LogP contribution in [-0.2, 0) is 9.59 Å². The molecule has 110 valence electrons. The Morgan fingerprint density at radius 2 is 1.95 bits per heavy atom. The third kappa shape index (κ3) is 5.96. The molecule has 0 heterocycles. The highest BCUT2D eigenvalue weighted by molar-refractivity contribution is 9.10. The van der Waals surface area contributed by atoms with Crippen LogP contribution < -0.4 is 0 Å². The average Bonchev–Trinajstić information content (AvgIpc) is 2.40. The lowest BCUT2D eigenvalue weighted by atomic mass is 10.2. The second kappa shape index (κ2) is 8.32. The van der Waals surface area contributed by atoms with Gasteiger partial charge in [0, 0.05) is 35.1 Å². The van der Waals surface area contributed by atoms with E-state index in [4.69, 9.17) is 5.11 Å². The molecule has 20 heavy (non-hydrogen) atoms. The Morgan fingerprint density at radius 3 is 2.50 bits per heavy atom. The summed E-state index contributed by atoms with van der Waals surface area (Å²) in [7, 11) is 1.64. The van der Waals surface area contributed by atoms with E-state index in [-0.39, 0.29) is 12.5 Å². The first-order valence-electron chi connectivity index (χ1n) is 6.25. The van der Waals surface area contributed by atoms with Crippen molar-refractivity contribution < 1.29 is 14.7 Å². The quantitative estimate of drug-likeness (QED) is 0.759. The third-order valence-corrected chi connectivity index (χ3v) is 4.34. The highest BCUT2D eigenvalue weighted by Gasteiger charge is 2.16. The lowest BCUT2D eigenvalue weighted by Gasteiger charge is -2.19. The van der Waals surface area contributed by atoms with E-state index in [0.29, 0.717) is 12.2 Å².